The lowest BCUT2D eigenvalue weighted by Crippen LogP contribution is -2.39. The third-order valence-electron chi connectivity index (χ3n) is 2.78. The van der Waals surface area contributed by atoms with Gasteiger partial charge in [-0.15, -0.1) is 11.3 Å². The zero-order valence-electron chi connectivity index (χ0n) is 13.4. The molecule has 1 amide bonds. The molecule has 5 nitrogen and oxygen atoms in total. The second kappa shape index (κ2) is 7.54. The molecule has 0 radical (unpaired) electrons. The number of hydrogen-bond acceptors (Lipinski definition) is 5. The Morgan fingerprint density at radius 1 is 1.33 bits per heavy atom. The number of esters is 1. The molecule has 1 aromatic rings. The minimum Gasteiger partial charge on any atom is -0.461 e. The van der Waals surface area contributed by atoms with Crippen molar-refractivity contribution in [3.8, 4) is 0 Å². The maximum atomic E-state index is 12.4. The van der Waals surface area contributed by atoms with Gasteiger partial charge in [-0.1, -0.05) is 27.7 Å². The average molecular weight is 312 g/mol. The Morgan fingerprint density at radius 2 is 2.00 bits per heavy atom. The topological polar surface area (TPSA) is 59.5 Å². The molecular formula is C15H24N2O3S. The summed E-state index contributed by atoms with van der Waals surface area (Å²) in [5.41, 5.74) is -0.104. The molecule has 0 aromatic carbocycles. The largest absolute Gasteiger partial charge is 0.461 e. The second-order valence-corrected chi connectivity index (χ2v) is 6.77. The molecule has 0 saturated heterocycles. The van der Waals surface area contributed by atoms with E-state index in [0.29, 0.717) is 25.4 Å². The van der Waals surface area contributed by atoms with Gasteiger partial charge in [0.15, 0.2) is 5.69 Å². The van der Waals surface area contributed by atoms with E-state index in [4.69, 9.17) is 4.74 Å². The predicted octanol–water partition coefficient (Wildman–Crippen LogP) is 3.10. The van der Waals surface area contributed by atoms with Gasteiger partial charge in [0.2, 0.25) is 5.91 Å². The number of thiazole rings is 1. The van der Waals surface area contributed by atoms with E-state index >= 15 is 0 Å². The van der Waals surface area contributed by atoms with Crippen molar-refractivity contribution in [2.75, 3.05) is 13.2 Å². The lowest BCUT2D eigenvalue weighted by molar-refractivity contribution is -0.140. The zero-order chi connectivity index (χ0) is 16.0. The van der Waals surface area contributed by atoms with Gasteiger partial charge < -0.3 is 9.64 Å². The first-order valence-corrected chi connectivity index (χ1v) is 8.08. The van der Waals surface area contributed by atoms with Crippen molar-refractivity contribution >= 4 is 23.2 Å². The minimum absolute atomic E-state index is 0.0947. The van der Waals surface area contributed by atoms with Crippen LogP contribution in [0.2, 0.25) is 0 Å². The van der Waals surface area contributed by atoms with Crippen LogP contribution in [-0.2, 0) is 16.1 Å². The molecule has 1 rings (SSSR count). The van der Waals surface area contributed by atoms with Gasteiger partial charge >= 0.3 is 5.97 Å². The number of ether oxygens (including phenoxy) is 1. The maximum absolute atomic E-state index is 12.4. The zero-order valence-corrected chi connectivity index (χ0v) is 14.2. The number of hydrogen-bond donors (Lipinski definition) is 0. The standard InChI is InChI=1S/C15H24N2O3S/c1-6-8-17(14(19)15(3,4)5)9-12-16-11(10-21-12)13(18)20-7-2/h10H,6-9H2,1-5H3. The fraction of sp³-hybridized carbons (Fsp3) is 0.667. The number of rotatable bonds is 6. The first-order chi connectivity index (χ1) is 9.79. The lowest BCUT2D eigenvalue weighted by Gasteiger charge is -2.28. The van der Waals surface area contributed by atoms with E-state index in [0.717, 1.165) is 11.4 Å². The first kappa shape index (κ1) is 17.6. The molecule has 0 unspecified atom stereocenters. The highest BCUT2D eigenvalue weighted by Crippen LogP contribution is 2.21. The Balaban J connectivity index is 2.81. The monoisotopic (exact) mass is 312 g/mol. The average Bonchev–Trinajstić information content (AvgIpc) is 2.85. The Kier molecular flexibility index (Phi) is 6.33. The Labute approximate surface area is 130 Å². The molecule has 21 heavy (non-hydrogen) atoms. The summed E-state index contributed by atoms with van der Waals surface area (Å²) < 4.78 is 4.92. The van der Waals surface area contributed by atoms with E-state index in [1.807, 2.05) is 27.7 Å². The lowest BCUT2D eigenvalue weighted by atomic mass is 9.94. The molecule has 0 aliphatic carbocycles. The maximum Gasteiger partial charge on any atom is 0.357 e. The van der Waals surface area contributed by atoms with E-state index in [2.05, 4.69) is 4.98 Å². The van der Waals surface area contributed by atoms with Crippen LogP contribution in [0.5, 0.6) is 0 Å². The van der Waals surface area contributed by atoms with Gasteiger partial charge in [0.1, 0.15) is 5.01 Å². The van der Waals surface area contributed by atoms with Crippen molar-refractivity contribution in [2.24, 2.45) is 5.41 Å². The molecule has 0 aliphatic heterocycles. The SMILES string of the molecule is CCCN(Cc1nc(C(=O)OCC)cs1)C(=O)C(C)(C)C. The number of amides is 1. The fourth-order valence-electron chi connectivity index (χ4n) is 1.84. The van der Waals surface area contributed by atoms with Gasteiger partial charge in [0.05, 0.1) is 13.2 Å². The minimum atomic E-state index is -0.420. The number of carbonyl (C=O) groups is 2. The molecule has 0 bridgehead atoms. The third kappa shape index (κ3) is 5.12. The van der Waals surface area contributed by atoms with Crippen LogP contribution in [0.1, 0.15) is 56.5 Å². The molecular weight excluding hydrogens is 288 g/mol. The quantitative estimate of drug-likeness (QED) is 0.757. The van der Waals surface area contributed by atoms with E-state index in [-0.39, 0.29) is 5.91 Å². The molecule has 0 saturated carbocycles. The third-order valence-corrected chi connectivity index (χ3v) is 3.62. The van der Waals surface area contributed by atoms with Crippen LogP contribution >= 0.6 is 11.3 Å². The normalized spacial score (nSPS) is 11.3. The van der Waals surface area contributed by atoms with Crippen LogP contribution in [0, 0.1) is 5.41 Å². The number of nitrogens with zero attached hydrogens (tertiary/aromatic N) is 2. The van der Waals surface area contributed by atoms with Gasteiger partial charge in [0, 0.05) is 17.3 Å². The summed E-state index contributed by atoms with van der Waals surface area (Å²) in [4.78, 5) is 30.1. The molecule has 0 spiro atoms. The van der Waals surface area contributed by atoms with Crippen molar-refractivity contribution in [3.63, 3.8) is 0 Å². The van der Waals surface area contributed by atoms with E-state index in [1.165, 1.54) is 11.3 Å². The van der Waals surface area contributed by atoms with Crippen molar-refractivity contribution in [1.82, 2.24) is 9.88 Å². The summed E-state index contributed by atoms with van der Waals surface area (Å²) in [5.74, 6) is -0.318. The summed E-state index contributed by atoms with van der Waals surface area (Å²) in [6.07, 6.45) is 0.887. The summed E-state index contributed by atoms with van der Waals surface area (Å²) >= 11 is 1.38. The van der Waals surface area contributed by atoms with Crippen molar-refractivity contribution < 1.29 is 14.3 Å². The van der Waals surface area contributed by atoms with Gasteiger partial charge in [-0.05, 0) is 13.3 Å². The van der Waals surface area contributed by atoms with Crippen molar-refractivity contribution in [3.05, 3.63) is 16.1 Å². The van der Waals surface area contributed by atoms with Gasteiger partial charge in [-0.2, -0.15) is 0 Å². The predicted molar refractivity (Wildman–Crippen MR) is 83.2 cm³/mol. The smallest absolute Gasteiger partial charge is 0.357 e. The number of carbonyl (C=O) groups excluding carboxylic acids is 2. The molecule has 0 fully saturated rings. The van der Waals surface area contributed by atoms with E-state index in [1.54, 1.807) is 17.2 Å². The van der Waals surface area contributed by atoms with E-state index < -0.39 is 11.4 Å². The molecule has 1 heterocycles. The van der Waals surface area contributed by atoms with E-state index in [9.17, 15) is 9.59 Å². The van der Waals surface area contributed by atoms with Crippen LogP contribution in [-0.4, -0.2) is 34.9 Å². The molecule has 118 valence electrons. The second-order valence-electron chi connectivity index (χ2n) is 5.82. The molecule has 1 aromatic heterocycles. The van der Waals surface area contributed by atoms with Crippen LogP contribution in [0.15, 0.2) is 5.38 Å². The van der Waals surface area contributed by atoms with Crippen molar-refractivity contribution in [1.29, 1.82) is 0 Å². The Hall–Kier alpha value is -1.43. The molecule has 0 atom stereocenters. The summed E-state index contributed by atoms with van der Waals surface area (Å²) in [6.45, 7) is 11.0. The van der Waals surface area contributed by atoms with Crippen molar-refractivity contribution in [2.45, 2.75) is 47.6 Å². The Bertz CT molecular complexity index is 491. The van der Waals surface area contributed by atoms with Gasteiger partial charge in [-0.25, -0.2) is 9.78 Å². The van der Waals surface area contributed by atoms with Crippen LogP contribution in [0.3, 0.4) is 0 Å². The first-order valence-electron chi connectivity index (χ1n) is 7.20. The number of aromatic nitrogens is 1. The summed E-state index contributed by atoms with van der Waals surface area (Å²) in [5, 5.41) is 2.43. The summed E-state index contributed by atoms with van der Waals surface area (Å²) in [7, 11) is 0. The van der Waals surface area contributed by atoms with Gasteiger partial charge in [0.25, 0.3) is 0 Å². The van der Waals surface area contributed by atoms with Crippen LogP contribution < -0.4 is 0 Å². The molecule has 6 heteroatoms. The Morgan fingerprint density at radius 3 is 2.52 bits per heavy atom. The highest BCUT2D eigenvalue weighted by atomic mass is 32.1. The molecule has 0 aliphatic rings. The van der Waals surface area contributed by atoms with Crippen LogP contribution in [0.4, 0.5) is 0 Å². The highest BCUT2D eigenvalue weighted by Gasteiger charge is 2.27. The highest BCUT2D eigenvalue weighted by molar-refractivity contribution is 7.09. The molecule has 0 N–H and O–H groups in total. The fourth-order valence-corrected chi connectivity index (χ4v) is 2.62. The van der Waals surface area contributed by atoms with Gasteiger partial charge in [-0.3, -0.25) is 4.79 Å². The van der Waals surface area contributed by atoms with Crippen LogP contribution in [0.25, 0.3) is 0 Å². The summed E-state index contributed by atoms with van der Waals surface area (Å²) in [6, 6.07) is 0.